The minimum atomic E-state index is -3.97. The van der Waals surface area contributed by atoms with Crippen LogP contribution in [0.25, 0.3) is 0 Å². The van der Waals surface area contributed by atoms with Gasteiger partial charge < -0.3 is 14.2 Å². The van der Waals surface area contributed by atoms with E-state index >= 15 is 0 Å². The Hall–Kier alpha value is -3.25. The molecule has 1 amide bonds. The Morgan fingerprint density at radius 3 is 2.09 bits per heavy atom. The van der Waals surface area contributed by atoms with E-state index in [1.165, 1.54) is 32.4 Å². The molecular weight excluding hydrogens is 440 g/mol. The third-order valence-electron chi connectivity index (χ3n) is 4.23. The SMILES string of the molecule is COc1cc(OC)nc(NC(=O)COC(=O)[C@@H](NS(=O)(=O)c2ccc(C)cc2)C(C)C)n1. The van der Waals surface area contributed by atoms with Crippen LogP contribution in [0.5, 0.6) is 11.8 Å². The Balaban J connectivity index is 2.02. The summed E-state index contributed by atoms with van der Waals surface area (Å²) in [6.07, 6.45) is 0. The van der Waals surface area contributed by atoms with Gasteiger partial charge in [-0.25, -0.2) is 8.42 Å². The summed E-state index contributed by atoms with van der Waals surface area (Å²) in [5.74, 6) is -1.84. The van der Waals surface area contributed by atoms with Gasteiger partial charge >= 0.3 is 5.97 Å². The number of anilines is 1. The van der Waals surface area contributed by atoms with Gasteiger partial charge in [-0.3, -0.25) is 14.9 Å². The van der Waals surface area contributed by atoms with Gasteiger partial charge in [0.05, 0.1) is 25.2 Å². The van der Waals surface area contributed by atoms with Crippen LogP contribution in [-0.4, -0.2) is 57.1 Å². The molecule has 0 spiro atoms. The van der Waals surface area contributed by atoms with Crippen molar-refractivity contribution >= 4 is 27.8 Å². The number of hydrogen-bond acceptors (Lipinski definition) is 9. The highest BCUT2D eigenvalue weighted by Crippen LogP contribution is 2.17. The smallest absolute Gasteiger partial charge is 0.324 e. The average molecular weight is 467 g/mol. The topological polar surface area (TPSA) is 146 Å². The Morgan fingerprint density at radius 2 is 1.59 bits per heavy atom. The van der Waals surface area contributed by atoms with Gasteiger partial charge in [-0.05, 0) is 25.0 Å². The maximum atomic E-state index is 12.6. The molecule has 1 atom stereocenters. The lowest BCUT2D eigenvalue weighted by molar-refractivity contribution is -0.150. The maximum Gasteiger partial charge on any atom is 0.324 e. The number of rotatable bonds is 10. The Morgan fingerprint density at radius 1 is 1.03 bits per heavy atom. The Labute approximate surface area is 186 Å². The summed E-state index contributed by atoms with van der Waals surface area (Å²) < 4.78 is 42.6. The normalized spacial score (nSPS) is 12.2. The van der Waals surface area contributed by atoms with Crippen LogP contribution in [0.2, 0.25) is 0 Å². The number of aryl methyl sites for hydroxylation is 1. The molecule has 12 heteroatoms. The lowest BCUT2D eigenvalue weighted by Gasteiger charge is -2.20. The molecule has 0 bridgehead atoms. The first kappa shape index (κ1) is 25.0. The highest BCUT2D eigenvalue weighted by Gasteiger charge is 2.30. The molecule has 0 aliphatic rings. The van der Waals surface area contributed by atoms with Crippen LogP contribution < -0.4 is 19.5 Å². The van der Waals surface area contributed by atoms with E-state index in [9.17, 15) is 18.0 Å². The van der Waals surface area contributed by atoms with Gasteiger partial charge in [0, 0.05) is 0 Å². The van der Waals surface area contributed by atoms with Crippen molar-refractivity contribution in [2.24, 2.45) is 5.92 Å². The van der Waals surface area contributed by atoms with E-state index in [4.69, 9.17) is 14.2 Å². The summed E-state index contributed by atoms with van der Waals surface area (Å²) in [7, 11) is -1.19. The van der Waals surface area contributed by atoms with E-state index in [2.05, 4.69) is 20.0 Å². The molecule has 1 heterocycles. The summed E-state index contributed by atoms with van der Waals surface area (Å²) >= 11 is 0. The number of amides is 1. The van der Waals surface area contributed by atoms with Crippen molar-refractivity contribution in [3.8, 4) is 11.8 Å². The van der Waals surface area contributed by atoms with Crippen molar-refractivity contribution in [1.29, 1.82) is 0 Å². The quantitative estimate of drug-likeness (QED) is 0.494. The molecule has 11 nitrogen and oxygen atoms in total. The summed E-state index contributed by atoms with van der Waals surface area (Å²) in [5.41, 5.74) is 0.896. The van der Waals surface area contributed by atoms with Gasteiger partial charge in [0.25, 0.3) is 5.91 Å². The number of nitrogens with one attached hydrogen (secondary N) is 2. The van der Waals surface area contributed by atoms with Crippen LogP contribution >= 0.6 is 0 Å². The van der Waals surface area contributed by atoms with Crippen LogP contribution in [0.3, 0.4) is 0 Å². The number of benzene rings is 1. The van der Waals surface area contributed by atoms with E-state index < -0.39 is 40.5 Å². The number of ether oxygens (including phenoxy) is 3. The number of sulfonamides is 1. The molecule has 0 unspecified atom stereocenters. The van der Waals surface area contributed by atoms with Crippen molar-refractivity contribution in [3.05, 3.63) is 35.9 Å². The maximum absolute atomic E-state index is 12.6. The second-order valence-electron chi connectivity index (χ2n) is 7.09. The highest BCUT2D eigenvalue weighted by atomic mass is 32.2. The number of aromatic nitrogens is 2. The van der Waals surface area contributed by atoms with Gasteiger partial charge in [-0.15, -0.1) is 0 Å². The minimum absolute atomic E-state index is 0.0170. The molecule has 0 saturated carbocycles. The summed E-state index contributed by atoms with van der Waals surface area (Å²) in [4.78, 5) is 32.6. The Kier molecular flexibility index (Phi) is 8.49. The molecule has 0 saturated heterocycles. The zero-order valence-corrected chi connectivity index (χ0v) is 19.2. The molecule has 0 aliphatic heterocycles. The lowest BCUT2D eigenvalue weighted by atomic mass is 10.1. The van der Waals surface area contributed by atoms with E-state index in [0.717, 1.165) is 5.56 Å². The van der Waals surface area contributed by atoms with Crippen molar-refractivity contribution in [3.63, 3.8) is 0 Å². The standard InChI is InChI=1S/C20H26N4O7S/c1-12(2)18(24-32(27,28)14-8-6-13(3)7-9-14)19(26)31-11-15(25)21-20-22-16(29-4)10-17(23-20)30-5/h6-10,12,18,24H,11H2,1-5H3,(H,21,22,23,25)/t18-/m0/s1. The lowest BCUT2D eigenvalue weighted by Crippen LogP contribution is -2.45. The van der Waals surface area contributed by atoms with Gasteiger partial charge in [0.2, 0.25) is 27.7 Å². The highest BCUT2D eigenvalue weighted by molar-refractivity contribution is 7.89. The average Bonchev–Trinajstić information content (AvgIpc) is 2.75. The van der Waals surface area contributed by atoms with Crippen molar-refractivity contribution < 1.29 is 32.2 Å². The second-order valence-corrected chi connectivity index (χ2v) is 8.80. The van der Waals surface area contributed by atoms with Crippen LogP contribution in [0.1, 0.15) is 19.4 Å². The van der Waals surface area contributed by atoms with Crippen molar-refractivity contribution in [1.82, 2.24) is 14.7 Å². The molecule has 1 aromatic carbocycles. The van der Waals surface area contributed by atoms with E-state index in [1.54, 1.807) is 26.0 Å². The summed E-state index contributed by atoms with van der Waals surface area (Å²) in [6, 6.07) is 6.41. The fourth-order valence-electron chi connectivity index (χ4n) is 2.47. The first-order chi connectivity index (χ1) is 15.1. The molecule has 2 N–H and O–H groups in total. The molecule has 0 aliphatic carbocycles. The van der Waals surface area contributed by atoms with Gasteiger partial charge in [-0.1, -0.05) is 31.5 Å². The van der Waals surface area contributed by atoms with E-state index in [1.807, 2.05) is 6.92 Å². The zero-order chi connectivity index (χ0) is 23.9. The third kappa shape index (κ3) is 6.89. The fourth-order valence-corrected chi connectivity index (χ4v) is 3.80. The van der Waals surface area contributed by atoms with Crippen molar-refractivity contribution in [2.75, 3.05) is 26.1 Å². The fraction of sp³-hybridized carbons (Fsp3) is 0.400. The van der Waals surface area contributed by atoms with Gasteiger partial charge in [-0.2, -0.15) is 14.7 Å². The number of nitrogens with zero attached hydrogens (tertiary/aromatic N) is 2. The summed E-state index contributed by atoms with van der Waals surface area (Å²) in [6.45, 7) is 4.47. The number of methoxy groups -OCH3 is 2. The summed E-state index contributed by atoms with van der Waals surface area (Å²) in [5, 5.41) is 2.36. The van der Waals surface area contributed by atoms with Crippen LogP contribution in [-0.2, 0) is 24.3 Å². The zero-order valence-electron chi connectivity index (χ0n) is 18.4. The minimum Gasteiger partial charge on any atom is -0.481 e. The van der Waals surface area contributed by atoms with Crippen LogP contribution in [0.15, 0.2) is 35.2 Å². The van der Waals surface area contributed by atoms with Crippen LogP contribution in [0, 0.1) is 12.8 Å². The predicted molar refractivity (Wildman–Crippen MR) is 115 cm³/mol. The number of hydrogen-bond donors (Lipinski definition) is 2. The predicted octanol–water partition coefficient (Wildman–Crippen LogP) is 1.29. The number of carbonyl (C=O) groups excluding carboxylic acids is 2. The van der Waals surface area contributed by atoms with Crippen LogP contribution in [0.4, 0.5) is 5.95 Å². The third-order valence-corrected chi connectivity index (χ3v) is 5.69. The monoisotopic (exact) mass is 466 g/mol. The second kappa shape index (κ2) is 10.9. The van der Waals surface area contributed by atoms with E-state index in [-0.39, 0.29) is 22.6 Å². The van der Waals surface area contributed by atoms with Gasteiger partial charge in [0.15, 0.2) is 6.61 Å². The number of esters is 1. The molecule has 32 heavy (non-hydrogen) atoms. The molecule has 174 valence electrons. The van der Waals surface area contributed by atoms with E-state index in [0.29, 0.717) is 0 Å². The molecule has 0 radical (unpaired) electrons. The number of carbonyl (C=O) groups is 2. The molecule has 2 aromatic rings. The molecule has 1 aromatic heterocycles. The first-order valence-corrected chi connectivity index (χ1v) is 11.1. The van der Waals surface area contributed by atoms with Crippen molar-refractivity contribution in [2.45, 2.75) is 31.7 Å². The Bertz CT molecular complexity index is 1030. The first-order valence-electron chi connectivity index (χ1n) is 9.58. The molecule has 0 fully saturated rings. The largest absolute Gasteiger partial charge is 0.481 e. The molecule has 2 rings (SSSR count). The van der Waals surface area contributed by atoms with Gasteiger partial charge in [0.1, 0.15) is 6.04 Å². The molecular formula is C20H26N4O7S.